The van der Waals surface area contributed by atoms with Crippen LogP contribution in [-0.4, -0.2) is 27.5 Å². The second kappa shape index (κ2) is 3.76. The lowest BCUT2D eigenvalue weighted by Crippen LogP contribution is -2.19. The number of thioether (sulfide) groups is 1. The normalized spacial score (nSPS) is 22.5. The molecule has 1 N–H and O–H groups in total. The van der Waals surface area contributed by atoms with Gasteiger partial charge in [-0.05, 0) is 18.2 Å². The smallest absolute Gasteiger partial charge is 0.222 e. The minimum atomic E-state index is 0.567. The molecule has 1 fully saturated rings. The second-order valence-electron chi connectivity index (χ2n) is 2.78. The molecule has 3 nitrogen and oxygen atoms in total. The fourth-order valence-corrected chi connectivity index (χ4v) is 2.36. The van der Waals surface area contributed by atoms with Crippen molar-refractivity contribution < 1.29 is 0 Å². The van der Waals surface area contributed by atoms with Gasteiger partial charge < -0.3 is 5.32 Å². The average Bonchev–Trinajstić information content (AvgIpc) is 2.59. The quantitative estimate of drug-likeness (QED) is 0.748. The van der Waals surface area contributed by atoms with Gasteiger partial charge in [0.05, 0.1) is 0 Å². The lowest BCUT2D eigenvalue weighted by Gasteiger charge is -2.09. The van der Waals surface area contributed by atoms with E-state index < -0.39 is 0 Å². The second-order valence-corrected chi connectivity index (χ2v) is 3.93. The molecule has 0 saturated carbocycles. The lowest BCUT2D eigenvalue weighted by atomic mass is 10.3. The van der Waals surface area contributed by atoms with E-state index in [9.17, 15) is 0 Å². The van der Waals surface area contributed by atoms with Crippen molar-refractivity contribution >= 4 is 17.7 Å². The summed E-state index contributed by atoms with van der Waals surface area (Å²) in [5, 5.41) is 3.30. The number of nitrogens with one attached hydrogen (secondary N) is 1. The fourth-order valence-electron chi connectivity index (χ4n) is 1.20. The predicted molar refractivity (Wildman–Crippen MR) is 51.4 cm³/mol. The molecule has 1 unspecified atom stereocenters. The summed E-state index contributed by atoms with van der Waals surface area (Å²) in [4.78, 5) is 8.22. The largest absolute Gasteiger partial charge is 0.351 e. The van der Waals surface area contributed by atoms with Gasteiger partial charge >= 0.3 is 0 Å². The average molecular weight is 181 g/mol. The zero-order chi connectivity index (χ0) is 8.23. The third kappa shape index (κ3) is 1.88. The molecule has 0 spiro atoms. The van der Waals surface area contributed by atoms with Crippen molar-refractivity contribution in [2.75, 3.05) is 16.8 Å². The standard InChI is InChI=1S/C8H11N3S/c1-3-9-8(10-4-1)11-7-2-5-12-6-7/h1,3-4,7H,2,5-6H2,(H,9,10,11). The maximum absolute atomic E-state index is 4.11. The van der Waals surface area contributed by atoms with E-state index in [1.165, 1.54) is 17.9 Å². The van der Waals surface area contributed by atoms with Crippen LogP contribution < -0.4 is 5.32 Å². The summed E-state index contributed by atoms with van der Waals surface area (Å²) in [6.07, 6.45) is 4.75. The van der Waals surface area contributed by atoms with Crippen molar-refractivity contribution in [3.05, 3.63) is 18.5 Å². The molecule has 12 heavy (non-hydrogen) atoms. The van der Waals surface area contributed by atoms with Gasteiger partial charge in [0.25, 0.3) is 0 Å². The molecule has 0 radical (unpaired) electrons. The van der Waals surface area contributed by atoms with Gasteiger partial charge in [0.15, 0.2) is 0 Å². The van der Waals surface area contributed by atoms with Crippen molar-refractivity contribution in [1.29, 1.82) is 0 Å². The molecule has 4 heteroatoms. The van der Waals surface area contributed by atoms with Crippen LogP contribution in [0.3, 0.4) is 0 Å². The summed E-state index contributed by atoms with van der Waals surface area (Å²) in [5.74, 6) is 3.19. The molecule has 0 aliphatic carbocycles. The minimum Gasteiger partial charge on any atom is -0.351 e. The SMILES string of the molecule is c1cnc(NC2CCSC2)nc1. The fraction of sp³-hybridized carbons (Fsp3) is 0.500. The maximum atomic E-state index is 4.11. The molecule has 1 saturated heterocycles. The lowest BCUT2D eigenvalue weighted by molar-refractivity contribution is 0.798. The molecule has 64 valence electrons. The van der Waals surface area contributed by atoms with Gasteiger partial charge in [-0.25, -0.2) is 9.97 Å². The zero-order valence-corrected chi connectivity index (χ0v) is 7.55. The Kier molecular flexibility index (Phi) is 2.46. The molecular formula is C8H11N3S. The van der Waals surface area contributed by atoms with Crippen LogP contribution >= 0.6 is 11.8 Å². The molecule has 2 heterocycles. The van der Waals surface area contributed by atoms with Crippen LogP contribution in [-0.2, 0) is 0 Å². The van der Waals surface area contributed by atoms with E-state index in [0.29, 0.717) is 6.04 Å². The van der Waals surface area contributed by atoms with E-state index in [1.54, 1.807) is 12.4 Å². The maximum Gasteiger partial charge on any atom is 0.222 e. The monoisotopic (exact) mass is 181 g/mol. The summed E-state index contributed by atoms with van der Waals surface area (Å²) >= 11 is 1.98. The first kappa shape index (κ1) is 7.86. The van der Waals surface area contributed by atoms with Gasteiger partial charge in [0.1, 0.15) is 0 Å². The molecule has 0 amide bonds. The molecule has 1 atom stereocenters. The number of hydrogen-bond acceptors (Lipinski definition) is 4. The van der Waals surface area contributed by atoms with E-state index in [2.05, 4.69) is 15.3 Å². The highest BCUT2D eigenvalue weighted by Crippen LogP contribution is 2.19. The summed E-state index contributed by atoms with van der Waals surface area (Å²) < 4.78 is 0. The molecule has 1 aromatic rings. The van der Waals surface area contributed by atoms with Crippen LogP contribution in [0.1, 0.15) is 6.42 Å². The molecule has 1 aliphatic rings. The number of nitrogens with zero attached hydrogens (tertiary/aromatic N) is 2. The van der Waals surface area contributed by atoms with Crippen LogP contribution in [0.15, 0.2) is 18.5 Å². The molecule has 1 aromatic heterocycles. The Morgan fingerprint density at radius 3 is 2.92 bits per heavy atom. The topological polar surface area (TPSA) is 37.8 Å². The van der Waals surface area contributed by atoms with Crippen LogP contribution in [0.25, 0.3) is 0 Å². The molecule has 0 bridgehead atoms. The van der Waals surface area contributed by atoms with Crippen molar-refractivity contribution in [3.8, 4) is 0 Å². The van der Waals surface area contributed by atoms with E-state index in [4.69, 9.17) is 0 Å². The van der Waals surface area contributed by atoms with Gasteiger partial charge in [0, 0.05) is 24.2 Å². The molecule has 1 aliphatic heterocycles. The van der Waals surface area contributed by atoms with Gasteiger partial charge in [-0.1, -0.05) is 0 Å². The van der Waals surface area contributed by atoms with Crippen LogP contribution in [0.2, 0.25) is 0 Å². The van der Waals surface area contributed by atoms with Gasteiger partial charge in [-0.2, -0.15) is 11.8 Å². The Bertz CT molecular complexity index is 233. The van der Waals surface area contributed by atoms with Gasteiger partial charge in [-0.3, -0.25) is 0 Å². The summed E-state index contributed by atoms with van der Waals surface area (Å²) in [6.45, 7) is 0. The zero-order valence-electron chi connectivity index (χ0n) is 6.73. The highest BCUT2D eigenvalue weighted by atomic mass is 32.2. The highest BCUT2D eigenvalue weighted by molar-refractivity contribution is 7.99. The molecule has 0 aromatic carbocycles. The van der Waals surface area contributed by atoms with E-state index in [1.807, 2.05) is 17.8 Å². The first-order valence-corrected chi connectivity index (χ1v) is 5.22. The van der Waals surface area contributed by atoms with Gasteiger partial charge in [-0.15, -0.1) is 0 Å². The first-order valence-electron chi connectivity index (χ1n) is 4.06. The third-order valence-corrected chi connectivity index (χ3v) is 2.99. The van der Waals surface area contributed by atoms with E-state index >= 15 is 0 Å². The Balaban J connectivity index is 1.94. The van der Waals surface area contributed by atoms with Crippen molar-refractivity contribution in [3.63, 3.8) is 0 Å². The van der Waals surface area contributed by atoms with Crippen LogP contribution in [0, 0.1) is 0 Å². The van der Waals surface area contributed by atoms with Crippen LogP contribution in [0.4, 0.5) is 5.95 Å². The molecular weight excluding hydrogens is 170 g/mol. The van der Waals surface area contributed by atoms with E-state index in [-0.39, 0.29) is 0 Å². The molecule has 2 rings (SSSR count). The highest BCUT2D eigenvalue weighted by Gasteiger charge is 2.15. The number of anilines is 1. The van der Waals surface area contributed by atoms with Crippen LogP contribution in [0.5, 0.6) is 0 Å². The number of rotatable bonds is 2. The summed E-state index contributed by atoms with van der Waals surface area (Å²) in [5.41, 5.74) is 0. The minimum absolute atomic E-state index is 0.567. The third-order valence-electron chi connectivity index (χ3n) is 1.83. The summed E-state index contributed by atoms with van der Waals surface area (Å²) in [7, 11) is 0. The number of aromatic nitrogens is 2. The summed E-state index contributed by atoms with van der Waals surface area (Å²) in [6, 6.07) is 2.39. The van der Waals surface area contributed by atoms with E-state index in [0.717, 1.165) is 5.95 Å². The van der Waals surface area contributed by atoms with Crippen molar-refractivity contribution in [1.82, 2.24) is 9.97 Å². The Labute approximate surface area is 76.0 Å². The Hall–Kier alpha value is -0.770. The van der Waals surface area contributed by atoms with Crippen molar-refractivity contribution in [2.45, 2.75) is 12.5 Å². The Morgan fingerprint density at radius 2 is 2.25 bits per heavy atom. The Morgan fingerprint density at radius 1 is 1.42 bits per heavy atom. The number of hydrogen-bond donors (Lipinski definition) is 1. The van der Waals surface area contributed by atoms with Gasteiger partial charge in [0.2, 0.25) is 5.95 Å². The predicted octanol–water partition coefficient (Wildman–Crippen LogP) is 1.39. The first-order chi connectivity index (χ1) is 5.95. The van der Waals surface area contributed by atoms with Crippen molar-refractivity contribution in [2.24, 2.45) is 0 Å².